The maximum Gasteiger partial charge on any atom is 0.692 e. The van der Waals surface area contributed by atoms with Crippen LogP contribution in [0.25, 0.3) is 0 Å². The van der Waals surface area contributed by atoms with E-state index in [2.05, 4.69) is 6.58 Å². The second-order valence-corrected chi connectivity index (χ2v) is 0.935. The molecule has 0 aliphatic carbocycles. The summed E-state index contributed by atoms with van der Waals surface area (Å²) in [6, 6.07) is 0. The highest BCUT2D eigenvalue weighted by molar-refractivity contribution is 7.30. The molecule has 0 bridgehead atoms. The molecule has 0 saturated carbocycles. The summed E-state index contributed by atoms with van der Waals surface area (Å²) in [6.45, 7) is 2.90. The monoisotopic (exact) mass is 122 g/mol. The molecule has 4 nitrogen and oxygen atoms in total. The van der Waals surface area contributed by atoms with Gasteiger partial charge in [-0.3, -0.25) is 5.41 Å². The first-order chi connectivity index (χ1) is 3.15. The van der Waals surface area contributed by atoms with Gasteiger partial charge >= 0.3 is 8.25 Å². The van der Waals surface area contributed by atoms with Crippen molar-refractivity contribution in [2.75, 3.05) is 0 Å². The second-order valence-electron chi connectivity index (χ2n) is 0.430. The molecule has 0 aromatic heterocycles. The molecule has 0 aliphatic rings. The minimum Gasteiger partial charge on any atom is -0.259 e. The zero-order valence-electron chi connectivity index (χ0n) is 3.46. The minimum absolute atomic E-state index is 1.75. The third-order valence-corrected chi connectivity index (χ3v) is 0. The van der Waals surface area contributed by atoms with E-state index in [1.807, 2.05) is 0 Å². The molecule has 7 heavy (non-hydrogen) atoms. The molecule has 0 aromatic rings. The minimum atomic E-state index is -2.87. The third kappa shape index (κ3) is 234. The molecule has 5 heteroatoms. The van der Waals surface area contributed by atoms with E-state index >= 15 is 0 Å². The van der Waals surface area contributed by atoms with Crippen molar-refractivity contribution < 1.29 is 14.4 Å². The molecule has 0 amide bonds. The molecule has 0 unspecified atom stereocenters. The van der Waals surface area contributed by atoms with Crippen molar-refractivity contribution in [3.8, 4) is 0 Å². The first-order valence-corrected chi connectivity index (χ1v) is 2.35. The number of rotatable bonds is 0. The van der Waals surface area contributed by atoms with Crippen LogP contribution in [0.2, 0.25) is 0 Å². The van der Waals surface area contributed by atoms with Gasteiger partial charge in [0.15, 0.2) is 0 Å². The van der Waals surface area contributed by atoms with Crippen LogP contribution >= 0.6 is 8.25 Å². The summed E-state index contributed by atoms with van der Waals surface area (Å²) in [6.07, 6.45) is 0. The molecule has 3 N–H and O–H groups in total. The maximum atomic E-state index is 8.70. The molecule has 40 valence electrons. The smallest absolute Gasteiger partial charge is 0.259 e. The van der Waals surface area contributed by atoms with Gasteiger partial charge in [-0.2, -0.15) is 0 Å². The van der Waals surface area contributed by atoms with Crippen molar-refractivity contribution in [2.45, 2.75) is 0 Å². The zero-order valence-corrected chi connectivity index (χ0v) is 4.35. The Hall–Kier alpha value is -0.530. The van der Waals surface area contributed by atoms with Crippen LogP contribution in [0.4, 0.5) is 0 Å². The standard InChI is InChI=1S/C2H3N.HO3P/c1-2-3;1-4(2)3/h3H,1H2;(H-,1,2,3)/p+1. The van der Waals surface area contributed by atoms with Crippen molar-refractivity contribution in [1.29, 1.82) is 5.41 Å². The molecule has 0 atom stereocenters. The van der Waals surface area contributed by atoms with Crippen LogP contribution in [0.15, 0.2) is 6.58 Å². The van der Waals surface area contributed by atoms with Crippen LogP contribution in [-0.2, 0) is 4.57 Å². The highest BCUT2D eigenvalue weighted by atomic mass is 31.1. The van der Waals surface area contributed by atoms with Crippen molar-refractivity contribution in [2.24, 2.45) is 0 Å². The van der Waals surface area contributed by atoms with Gasteiger partial charge in [0.2, 0.25) is 0 Å². The molecule has 0 radical (unpaired) electrons. The van der Waals surface area contributed by atoms with Gasteiger partial charge in [-0.05, 0) is 12.4 Å². The normalized spacial score (nSPS) is 4.86. The Morgan fingerprint density at radius 1 is 1.71 bits per heavy atom. The molecule has 0 aromatic carbocycles. The molecule has 0 spiro atoms. The summed E-state index contributed by atoms with van der Waals surface area (Å²) in [4.78, 5) is 14.2. The lowest BCUT2D eigenvalue weighted by molar-refractivity contribution is 0.405. The second kappa shape index (κ2) is 9.08. The summed E-state index contributed by atoms with van der Waals surface area (Å²) in [7, 11) is -2.87. The SMILES string of the molecule is C=C=N.O=[P+](O)O. The van der Waals surface area contributed by atoms with Gasteiger partial charge in [0.25, 0.3) is 0 Å². The predicted molar refractivity (Wildman–Crippen MR) is 25.4 cm³/mol. The first-order valence-electron chi connectivity index (χ1n) is 1.19. The summed E-state index contributed by atoms with van der Waals surface area (Å²) in [5.41, 5.74) is 0. The average molecular weight is 122 g/mol. The Labute approximate surface area is 41.6 Å². The first kappa shape index (κ1) is 9.69. The average Bonchev–Trinajstić information content (AvgIpc) is 1.33. The van der Waals surface area contributed by atoms with Gasteiger partial charge in [0.05, 0.1) is 0 Å². The molecule has 0 aliphatic heterocycles. The van der Waals surface area contributed by atoms with E-state index in [1.165, 1.54) is 0 Å². The fourth-order valence-electron chi connectivity index (χ4n) is 0. The van der Waals surface area contributed by atoms with Gasteiger partial charge in [-0.25, -0.2) is 0 Å². The zero-order chi connectivity index (χ0) is 6.28. The van der Waals surface area contributed by atoms with Crippen LogP contribution in [-0.4, -0.2) is 15.7 Å². The van der Waals surface area contributed by atoms with Gasteiger partial charge < -0.3 is 0 Å². The largest absolute Gasteiger partial charge is 0.692 e. The topological polar surface area (TPSA) is 81.4 Å². The fourth-order valence-corrected chi connectivity index (χ4v) is 0. The summed E-state index contributed by atoms with van der Waals surface area (Å²) >= 11 is 0. The molecule has 0 heterocycles. The van der Waals surface area contributed by atoms with Gasteiger partial charge in [0.1, 0.15) is 0 Å². The van der Waals surface area contributed by atoms with E-state index in [0.29, 0.717) is 0 Å². The summed E-state index contributed by atoms with van der Waals surface area (Å²) in [5, 5.41) is 5.85. The summed E-state index contributed by atoms with van der Waals surface area (Å²) < 4.78 is 8.70. The predicted octanol–water partition coefficient (Wildman–Crippen LogP) is 0.0493. The Balaban J connectivity index is 0. The Bertz CT molecular complexity index is 80.9. The van der Waals surface area contributed by atoms with Crippen molar-refractivity contribution >= 4 is 14.1 Å². The molecule has 0 fully saturated rings. The van der Waals surface area contributed by atoms with Crippen LogP contribution in [0.3, 0.4) is 0 Å². The van der Waals surface area contributed by atoms with Crippen LogP contribution in [0.5, 0.6) is 0 Å². The Morgan fingerprint density at radius 3 is 1.71 bits per heavy atom. The number of hydrogen-bond acceptors (Lipinski definition) is 2. The van der Waals surface area contributed by atoms with Crippen molar-refractivity contribution in [3.05, 3.63) is 6.58 Å². The van der Waals surface area contributed by atoms with Gasteiger partial charge in [0, 0.05) is 4.57 Å². The number of nitrogens with one attached hydrogen (secondary N) is 1. The quantitative estimate of drug-likeness (QED) is 0.313. The van der Waals surface area contributed by atoms with E-state index in [1.54, 1.807) is 5.87 Å². The molecule has 0 rings (SSSR count). The van der Waals surface area contributed by atoms with Crippen molar-refractivity contribution in [3.63, 3.8) is 0 Å². The van der Waals surface area contributed by atoms with E-state index < -0.39 is 8.25 Å². The molecular weight excluding hydrogens is 117 g/mol. The van der Waals surface area contributed by atoms with E-state index in [9.17, 15) is 0 Å². The molecule has 0 saturated heterocycles. The van der Waals surface area contributed by atoms with Crippen LogP contribution < -0.4 is 0 Å². The third-order valence-electron chi connectivity index (χ3n) is 0. The van der Waals surface area contributed by atoms with Gasteiger partial charge in [-0.15, -0.1) is 9.79 Å². The highest BCUT2D eigenvalue weighted by Crippen LogP contribution is 1.98. The van der Waals surface area contributed by atoms with E-state index in [0.717, 1.165) is 0 Å². The maximum absolute atomic E-state index is 8.70. The lowest BCUT2D eigenvalue weighted by Gasteiger charge is -1.34. The van der Waals surface area contributed by atoms with E-state index in [-0.39, 0.29) is 0 Å². The Morgan fingerprint density at radius 2 is 1.71 bits per heavy atom. The Kier molecular flexibility index (Phi) is 12.6. The molecular formula is C2H5NO3P+. The number of hydrogen-bond donors (Lipinski definition) is 3. The van der Waals surface area contributed by atoms with Crippen LogP contribution in [0.1, 0.15) is 0 Å². The van der Waals surface area contributed by atoms with Crippen molar-refractivity contribution in [1.82, 2.24) is 0 Å². The van der Waals surface area contributed by atoms with E-state index in [4.69, 9.17) is 19.8 Å². The lowest BCUT2D eigenvalue weighted by atomic mass is 11.2. The lowest BCUT2D eigenvalue weighted by Crippen LogP contribution is -1.38. The fraction of sp³-hybridized carbons (Fsp3) is 0. The van der Waals surface area contributed by atoms with Gasteiger partial charge in [-0.1, -0.05) is 0 Å². The summed E-state index contributed by atoms with van der Waals surface area (Å²) in [5.74, 6) is 1.75. The highest BCUT2D eigenvalue weighted by Gasteiger charge is 1.93. The van der Waals surface area contributed by atoms with Crippen LogP contribution in [0, 0.1) is 5.41 Å².